The second kappa shape index (κ2) is 7.56. The Morgan fingerprint density at radius 2 is 1.89 bits per heavy atom. The van der Waals surface area contributed by atoms with Crippen molar-refractivity contribution in [3.63, 3.8) is 0 Å². The maximum Gasteiger partial charge on any atom is 0.261 e. The molecule has 6 heteroatoms. The molecule has 0 radical (unpaired) electrons. The molecule has 4 rings (SSSR count). The number of carbonyl (C=O) groups excluding carboxylic acids is 3. The second-order valence-electron chi connectivity index (χ2n) is 7.22. The third kappa shape index (κ3) is 3.43. The summed E-state index contributed by atoms with van der Waals surface area (Å²) in [6.45, 7) is 2.83. The van der Waals surface area contributed by atoms with E-state index < -0.39 is 0 Å². The highest BCUT2D eigenvalue weighted by molar-refractivity contribution is 6.22. The van der Waals surface area contributed by atoms with Crippen LogP contribution in [0.15, 0.2) is 48.5 Å². The Balaban J connectivity index is 1.50. The lowest BCUT2D eigenvalue weighted by molar-refractivity contribution is 0.0475. The molecule has 2 aliphatic heterocycles. The first-order valence-corrected chi connectivity index (χ1v) is 9.52. The first-order valence-electron chi connectivity index (χ1n) is 9.52. The number of hydrogen-bond donors (Lipinski definition) is 1. The normalized spacial score (nSPS) is 19.6. The zero-order valence-electron chi connectivity index (χ0n) is 15.7. The molecular formula is C22H22N2O4. The van der Waals surface area contributed by atoms with Crippen molar-refractivity contribution >= 4 is 17.7 Å². The summed E-state index contributed by atoms with van der Waals surface area (Å²) in [6.07, 6.45) is 1.69. The maximum absolute atomic E-state index is 12.7. The molecular weight excluding hydrogens is 356 g/mol. The summed E-state index contributed by atoms with van der Waals surface area (Å²) in [5.74, 6) is -0.960. The topological polar surface area (TPSA) is 75.7 Å². The molecule has 2 unspecified atom stereocenters. The van der Waals surface area contributed by atoms with Gasteiger partial charge in [0.15, 0.2) is 0 Å². The molecule has 0 spiro atoms. The predicted molar refractivity (Wildman–Crippen MR) is 103 cm³/mol. The molecule has 6 nitrogen and oxygen atoms in total. The van der Waals surface area contributed by atoms with Crippen molar-refractivity contribution in [2.24, 2.45) is 0 Å². The van der Waals surface area contributed by atoms with Crippen LogP contribution < -0.4 is 5.32 Å². The fourth-order valence-corrected chi connectivity index (χ4v) is 3.69. The summed E-state index contributed by atoms with van der Waals surface area (Å²) in [7, 11) is 0. The molecule has 1 N–H and O–H groups in total. The van der Waals surface area contributed by atoms with Crippen molar-refractivity contribution in [1.29, 1.82) is 0 Å². The Kier molecular flexibility index (Phi) is 4.96. The molecule has 2 aromatic rings. The highest BCUT2D eigenvalue weighted by atomic mass is 16.5. The lowest BCUT2D eigenvalue weighted by atomic mass is 10.0. The average Bonchev–Trinajstić information content (AvgIpc) is 3.31. The highest BCUT2D eigenvalue weighted by Gasteiger charge is 2.38. The fourth-order valence-electron chi connectivity index (χ4n) is 3.69. The van der Waals surface area contributed by atoms with Gasteiger partial charge in [0.2, 0.25) is 0 Å². The minimum atomic E-state index is -0.360. The number of fused-ring (bicyclic) bond motifs is 1. The number of amides is 3. The van der Waals surface area contributed by atoms with Gasteiger partial charge in [0.25, 0.3) is 17.7 Å². The zero-order chi connectivity index (χ0) is 19.7. The first-order chi connectivity index (χ1) is 13.5. The third-order valence-electron chi connectivity index (χ3n) is 5.29. The van der Waals surface area contributed by atoms with Crippen LogP contribution in [0.4, 0.5) is 0 Å². The monoisotopic (exact) mass is 378 g/mol. The van der Waals surface area contributed by atoms with E-state index in [1.54, 1.807) is 12.1 Å². The Bertz CT molecular complexity index is 919. The fraction of sp³-hybridized carbons (Fsp3) is 0.318. The van der Waals surface area contributed by atoms with E-state index in [-0.39, 0.29) is 42.0 Å². The van der Waals surface area contributed by atoms with Gasteiger partial charge in [-0.3, -0.25) is 19.3 Å². The van der Waals surface area contributed by atoms with Gasteiger partial charge in [0, 0.05) is 12.2 Å². The number of ether oxygens (including phenoxy) is 1. The summed E-state index contributed by atoms with van der Waals surface area (Å²) >= 11 is 0. The minimum Gasteiger partial charge on any atom is -0.376 e. The zero-order valence-corrected chi connectivity index (χ0v) is 15.7. The van der Waals surface area contributed by atoms with Crippen LogP contribution in [0.5, 0.6) is 0 Å². The van der Waals surface area contributed by atoms with Crippen LogP contribution in [-0.4, -0.2) is 41.9 Å². The van der Waals surface area contributed by atoms with Crippen LogP contribution in [0, 0.1) is 0 Å². The molecule has 2 atom stereocenters. The van der Waals surface area contributed by atoms with E-state index in [0.717, 1.165) is 18.4 Å². The first kappa shape index (κ1) is 18.4. The number of carbonyl (C=O) groups is 3. The molecule has 144 valence electrons. The molecule has 0 bridgehead atoms. The summed E-state index contributed by atoms with van der Waals surface area (Å²) in [6, 6.07) is 14.1. The van der Waals surface area contributed by atoms with E-state index in [9.17, 15) is 14.4 Å². The molecule has 2 aromatic carbocycles. The van der Waals surface area contributed by atoms with Crippen LogP contribution in [0.25, 0.3) is 0 Å². The molecule has 1 saturated heterocycles. The predicted octanol–water partition coefficient (Wildman–Crippen LogP) is 2.95. The number of benzene rings is 2. The quantitative estimate of drug-likeness (QED) is 0.812. The number of nitrogens with one attached hydrogen (secondary N) is 1. The molecule has 2 aliphatic rings. The van der Waals surface area contributed by atoms with Crippen LogP contribution in [0.1, 0.15) is 62.4 Å². The molecule has 1 fully saturated rings. The Morgan fingerprint density at radius 1 is 1.14 bits per heavy atom. The van der Waals surface area contributed by atoms with Crippen molar-refractivity contribution in [2.75, 3.05) is 13.2 Å². The summed E-state index contributed by atoms with van der Waals surface area (Å²) < 4.78 is 5.55. The summed E-state index contributed by atoms with van der Waals surface area (Å²) in [5, 5.41) is 2.93. The van der Waals surface area contributed by atoms with Gasteiger partial charge < -0.3 is 10.1 Å². The summed E-state index contributed by atoms with van der Waals surface area (Å²) in [4.78, 5) is 39.2. The molecule has 0 saturated carbocycles. The number of rotatable bonds is 5. The number of nitrogens with zero attached hydrogens (tertiary/aromatic N) is 1. The minimum absolute atomic E-state index is 0.100. The van der Waals surface area contributed by atoms with Crippen LogP contribution in [0.3, 0.4) is 0 Å². The van der Waals surface area contributed by atoms with E-state index in [4.69, 9.17) is 4.74 Å². The van der Waals surface area contributed by atoms with E-state index in [2.05, 4.69) is 5.32 Å². The molecule has 2 heterocycles. The summed E-state index contributed by atoms with van der Waals surface area (Å²) in [5.41, 5.74) is 1.98. The van der Waals surface area contributed by atoms with Gasteiger partial charge >= 0.3 is 0 Å². The van der Waals surface area contributed by atoms with Crippen LogP contribution >= 0.6 is 0 Å². The largest absolute Gasteiger partial charge is 0.376 e. The van der Waals surface area contributed by atoms with Gasteiger partial charge in [-0.05, 0) is 43.5 Å². The lowest BCUT2D eigenvalue weighted by Gasteiger charge is -2.17. The van der Waals surface area contributed by atoms with Crippen molar-refractivity contribution < 1.29 is 19.1 Å². The second-order valence-corrected chi connectivity index (χ2v) is 7.22. The molecule has 0 aromatic heterocycles. The molecule has 3 amide bonds. The van der Waals surface area contributed by atoms with E-state index in [1.165, 1.54) is 11.0 Å². The van der Waals surface area contributed by atoms with Gasteiger partial charge in [0.05, 0.1) is 29.8 Å². The third-order valence-corrected chi connectivity index (χ3v) is 5.29. The van der Waals surface area contributed by atoms with Gasteiger partial charge in [0.1, 0.15) is 0 Å². The van der Waals surface area contributed by atoms with Crippen molar-refractivity contribution in [3.05, 3.63) is 70.8 Å². The smallest absolute Gasteiger partial charge is 0.261 e. The van der Waals surface area contributed by atoms with Crippen molar-refractivity contribution in [2.45, 2.75) is 31.9 Å². The number of hydrogen-bond acceptors (Lipinski definition) is 4. The molecule has 0 aliphatic carbocycles. The van der Waals surface area contributed by atoms with Gasteiger partial charge in [-0.25, -0.2) is 0 Å². The van der Waals surface area contributed by atoms with Crippen LogP contribution in [-0.2, 0) is 4.74 Å². The Morgan fingerprint density at radius 3 is 2.61 bits per heavy atom. The Labute approximate surface area is 163 Å². The van der Waals surface area contributed by atoms with Crippen molar-refractivity contribution in [1.82, 2.24) is 10.2 Å². The van der Waals surface area contributed by atoms with Crippen LogP contribution in [0.2, 0.25) is 0 Å². The SMILES string of the molecule is CC(NC(=O)c1ccc2c(c1)C(=O)N(CC1CCCO1)C2=O)c1ccccc1. The maximum atomic E-state index is 12.7. The standard InChI is InChI=1S/C22H22N2O4/c1-14(15-6-3-2-4-7-15)23-20(25)16-9-10-18-19(12-16)22(27)24(21(18)26)13-17-8-5-11-28-17/h2-4,6-7,9-10,12,14,17H,5,8,11,13H2,1H3,(H,23,25). The Hall–Kier alpha value is -2.99. The molecule has 28 heavy (non-hydrogen) atoms. The highest BCUT2D eigenvalue weighted by Crippen LogP contribution is 2.26. The average molecular weight is 378 g/mol. The van der Waals surface area contributed by atoms with Crippen molar-refractivity contribution in [3.8, 4) is 0 Å². The van der Waals surface area contributed by atoms with Gasteiger partial charge in [-0.15, -0.1) is 0 Å². The van der Waals surface area contributed by atoms with E-state index >= 15 is 0 Å². The van der Waals surface area contributed by atoms with Gasteiger partial charge in [-0.2, -0.15) is 0 Å². The lowest BCUT2D eigenvalue weighted by Crippen LogP contribution is -2.36. The van der Waals surface area contributed by atoms with Gasteiger partial charge in [-0.1, -0.05) is 30.3 Å². The number of imide groups is 1. The van der Waals surface area contributed by atoms with E-state index in [0.29, 0.717) is 17.7 Å². The van der Waals surface area contributed by atoms with E-state index in [1.807, 2.05) is 37.3 Å².